The van der Waals surface area contributed by atoms with Crippen LogP contribution in [0.4, 0.5) is 5.69 Å². The third-order valence-corrected chi connectivity index (χ3v) is 5.65. The molecule has 1 spiro atoms. The molecule has 4 rings (SSSR count). The minimum atomic E-state index is -0.973. The standard InChI is InChI=1S/C22H21N5O6/c23-19(28)12-24-20(29)18-11-22(13-26(18)21(30)14-5-2-1-3-6-14)10-17(25-33-22)15-7-4-8-16(9-15)27(31)32/h1-9,18H,10-13H2,(H2,23,28)(H,24,29)/t18-,22?/m0/s1. The third-order valence-electron chi connectivity index (χ3n) is 5.65. The first-order valence-electron chi connectivity index (χ1n) is 10.2. The zero-order chi connectivity index (χ0) is 23.6. The predicted octanol–water partition coefficient (Wildman–Crippen LogP) is 0.974. The molecule has 2 aliphatic heterocycles. The van der Waals surface area contributed by atoms with Crippen LogP contribution < -0.4 is 11.1 Å². The van der Waals surface area contributed by atoms with E-state index < -0.39 is 28.4 Å². The van der Waals surface area contributed by atoms with E-state index in [1.165, 1.54) is 17.0 Å². The second-order valence-corrected chi connectivity index (χ2v) is 8.00. The summed E-state index contributed by atoms with van der Waals surface area (Å²) >= 11 is 0. The van der Waals surface area contributed by atoms with E-state index in [1.54, 1.807) is 42.5 Å². The molecule has 11 heteroatoms. The maximum atomic E-state index is 13.2. The smallest absolute Gasteiger partial charge is 0.270 e. The average Bonchev–Trinajstić information content (AvgIpc) is 3.41. The first-order chi connectivity index (χ1) is 15.8. The lowest BCUT2D eigenvalue weighted by atomic mass is 9.91. The van der Waals surface area contributed by atoms with Crippen molar-refractivity contribution in [3.05, 3.63) is 75.8 Å². The summed E-state index contributed by atoms with van der Waals surface area (Å²) in [5.41, 5.74) is 5.51. The number of carbonyl (C=O) groups excluding carboxylic acids is 3. The van der Waals surface area contributed by atoms with Crippen LogP contribution in [0.25, 0.3) is 0 Å². The van der Waals surface area contributed by atoms with E-state index in [-0.39, 0.29) is 37.5 Å². The molecular weight excluding hydrogens is 430 g/mol. The van der Waals surface area contributed by atoms with E-state index in [0.29, 0.717) is 16.8 Å². The van der Waals surface area contributed by atoms with Crippen LogP contribution >= 0.6 is 0 Å². The topological polar surface area (TPSA) is 157 Å². The van der Waals surface area contributed by atoms with Gasteiger partial charge in [0.15, 0.2) is 5.60 Å². The molecule has 11 nitrogen and oxygen atoms in total. The van der Waals surface area contributed by atoms with Crippen molar-refractivity contribution in [2.75, 3.05) is 13.1 Å². The molecule has 2 heterocycles. The number of nitro benzene ring substituents is 1. The molecule has 0 radical (unpaired) electrons. The van der Waals surface area contributed by atoms with Crippen LogP contribution in [0.5, 0.6) is 0 Å². The average molecular weight is 451 g/mol. The Morgan fingerprint density at radius 2 is 1.97 bits per heavy atom. The zero-order valence-corrected chi connectivity index (χ0v) is 17.5. The predicted molar refractivity (Wildman–Crippen MR) is 116 cm³/mol. The number of nitrogens with two attached hydrogens (primary N) is 1. The van der Waals surface area contributed by atoms with Crippen molar-refractivity contribution in [2.24, 2.45) is 10.9 Å². The Labute approximate surface area is 188 Å². The molecule has 33 heavy (non-hydrogen) atoms. The zero-order valence-electron chi connectivity index (χ0n) is 17.5. The Morgan fingerprint density at radius 1 is 1.21 bits per heavy atom. The number of nitrogens with one attached hydrogen (secondary N) is 1. The van der Waals surface area contributed by atoms with E-state index in [0.717, 1.165) is 0 Å². The summed E-state index contributed by atoms with van der Waals surface area (Å²) in [7, 11) is 0. The van der Waals surface area contributed by atoms with Crippen molar-refractivity contribution < 1.29 is 24.1 Å². The van der Waals surface area contributed by atoms with Gasteiger partial charge in [0, 0.05) is 36.1 Å². The van der Waals surface area contributed by atoms with Crippen LogP contribution in [0.3, 0.4) is 0 Å². The Bertz CT molecular complexity index is 1150. The van der Waals surface area contributed by atoms with Gasteiger partial charge in [-0.3, -0.25) is 24.5 Å². The lowest BCUT2D eigenvalue weighted by molar-refractivity contribution is -0.384. The molecule has 0 bridgehead atoms. The van der Waals surface area contributed by atoms with Crippen LogP contribution in [-0.4, -0.2) is 58.0 Å². The highest BCUT2D eigenvalue weighted by atomic mass is 16.7. The fraction of sp³-hybridized carbons (Fsp3) is 0.273. The molecule has 2 atom stereocenters. The summed E-state index contributed by atoms with van der Waals surface area (Å²) in [5.74, 6) is -1.59. The SMILES string of the molecule is NC(=O)CNC(=O)[C@@H]1CC2(CC(c3cccc([N+](=O)[O-])c3)=NO2)CN1C(=O)c1ccccc1. The van der Waals surface area contributed by atoms with Crippen LogP contribution in [0.1, 0.15) is 28.8 Å². The number of oxime groups is 1. The second-order valence-electron chi connectivity index (χ2n) is 8.00. The number of non-ortho nitro benzene ring substituents is 1. The van der Waals surface area contributed by atoms with Gasteiger partial charge in [-0.25, -0.2) is 0 Å². The van der Waals surface area contributed by atoms with Gasteiger partial charge in [-0.1, -0.05) is 35.5 Å². The molecule has 3 amide bonds. The van der Waals surface area contributed by atoms with Crippen LogP contribution in [-0.2, 0) is 14.4 Å². The summed E-state index contributed by atoms with van der Waals surface area (Å²) in [4.78, 5) is 54.9. The van der Waals surface area contributed by atoms with E-state index in [9.17, 15) is 24.5 Å². The highest BCUT2D eigenvalue weighted by Gasteiger charge is 2.53. The van der Waals surface area contributed by atoms with E-state index in [2.05, 4.69) is 10.5 Å². The lowest BCUT2D eigenvalue weighted by Crippen LogP contribution is -2.47. The molecule has 0 aliphatic carbocycles. The number of hydrogen-bond donors (Lipinski definition) is 2. The van der Waals surface area contributed by atoms with Crippen LogP contribution in [0, 0.1) is 10.1 Å². The Balaban J connectivity index is 1.58. The largest absolute Gasteiger partial charge is 0.387 e. The highest BCUT2D eigenvalue weighted by molar-refractivity contribution is 6.03. The molecule has 2 aromatic rings. The normalized spacial score (nSPS) is 21.4. The number of primary amides is 1. The number of likely N-dealkylation sites (tertiary alicyclic amines) is 1. The van der Waals surface area contributed by atoms with Crippen molar-refractivity contribution in [2.45, 2.75) is 24.5 Å². The Kier molecular flexibility index (Phi) is 5.78. The number of nitrogens with zero attached hydrogens (tertiary/aromatic N) is 3. The van der Waals surface area contributed by atoms with E-state index in [1.807, 2.05) is 0 Å². The fourth-order valence-electron chi connectivity index (χ4n) is 4.10. The van der Waals surface area contributed by atoms with Crippen molar-refractivity contribution in [3.8, 4) is 0 Å². The van der Waals surface area contributed by atoms with Gasteiger partial charge in [-0.05, 0) is 12.1 Å². The lowest BCUT2D eigenvalue weighted by Gasteiger charge is -2.24. The minimum Gasteiger partial charge on any atom is -0.387 e. The molecule has 2 aliphatic rings. The third kappa shape index (κ3) is 4.52. The first-order valence-corrected chi connectivity index (χ1v) is 10.2. The number of nitro groups is 1. The molecule has 1 fully saturated rings. The molecule has 0 aromatic heterocycles. The number of hydrogen-bond acceptors (Lipinski definition) is 7. The molecule has 170 valence electrons. The highest BCUT2D eigenvalue weighted by Crippen LogP contribution is 2.39. The summed E-state index contributed by atoms with van der Waals surface area (Å²) in [6.07, 6.45) is 0.393. The quantitative estimate of drug-likeness (QED) is 0.492. The number of benzene rings is 2. The maximum absolute atomic E-state index is 13.2. The fourth-order valence-corrected chi connectivity index (χ4v) is 4.10. The molecule has 1 saturated heterocycles. The minimum absolute atomic E-state index is 0.0767. The van der Waals surface area contributed by atoms with Crippen molar-refractivity contribution >= 4 is 29.1 Å². The van der Waals surface area contributed by atoms with Gasteiger partial charge < -0.3 is 20.8 Å². The summed E-state index contributed by atoms with van der Waals surface area (Å²) in [6.45, 7) is -0.275. The Hall–Kier alpha value is -4.28. The molecule has 1 unspecified atom stereocenters. The molecule has 2 aromatic carbocycles. The Morgan fingerprint density at radius 3 is 2.67 bits per heavy atom. The number of rotatable bonds is 6. The van der Waals surface area contributed by atoms with Gasteiger partial charge in [0.05, 0.1) is 23.7 Å². The van der Waals surface area contributed by atoms with Crippen molar-refractivity contribution in [1.82, 2.24) is 10.2 Å². The van der Waals surface area contributed by atoms with E-state index >= 15 is 0 Å². The summed E-state index contributed by atoms with van der Waals surface area (Å²) < 4.78 is 0. The maximum Gasteiger partial charge on any atom is 0.270 e. The summed E-state index contributed by atoms with van der Waals surface area (Å²) in [6, 6.07) is 13.6. The van der Waals surface area contributed by atoms with Crippen molar-refractivity contribution in [3.63, 3.8) is 0 Å². The van der Waals surface area contributed by atoms with Crippen molar-refractivity contribution in [1.29, 1.82) is 0 Å². The van der Waals surface area contributed by atoms with E-state index in [4.69, 9.17) is 10.6 Å². The van der Waals surface area contributed by atoms with Crippen LogP contribution in [0.2, 0.25) is 0 Å². The monoisotopic (exact) mass is 451 g/mol. The first kappa shape index (κ1) is 21.9. The van der Waals surface area contributed by atoms with Gasteiger partial charge >= 0.3 is 0 Å². The summed E-state index contributed by atoms with van der Waals surface area (Å²) in [5, 5.41) is 17.7. The van der Waals surface area contributed by atoms with Gasteiger partial charge in [0.25, 0.3) is 11.6 Å². The molecule has 3 N–H and O–H groups in total. The number of carbonyl (C=O) groups is 3. The number of amides is 3. The van der Waals surface area contributed by atoms with Gasteiger partial charge in [0.2, 0.25) is 11.8 Å². The van der Waals surface area contributed by atoms with Crippen LogP contribution in [0.15, 0.2) is 59.8 Å². The molecular formula is C22H21N5O6. The van der Waals surface area contributed by atoms with Gasteiger partial charge in [-0.15, -0.1) is 0 Å². The van der Waals surface area contributed by atoms with Gasteiger partial charge in [-0.2, -0.15) is 0 Å². The van der Waals surface area contributed by atoms with Gasteiger partial charge in [0.1, 0.15) is 6.04 Å². The molecule has 0 saturated carbocycles. The second kappa shape index (κ2) is 8.69.